The van der Waals surface area contributed by atoms with Gasteiger partial charge in [0.2, 0.25) is 11.8 Å². The van der Waals surface area contributed by atoms with Gasteiger partial charge in [-0.25, -0.2) is 8.78 Å². The van der Waals surface area contributed by atoms with Crippen LogP contribution in [0.1, 0.15) is 24.1 Å². The Morgan fingerprint density at radius 2 is 1.88 bits per heavy atom. The standard InChI is InChI=1S/C20H20F2N2O2/c1-13(12-15-4-2-3-5-17(15)22)20(26)24-11-10-23-19(25)18(24)14-6-8-16(21)9-7-14/h2-9,13,18H,10-12H2,1H3,(H,23,25). The van der Waals surface area contributed by atoms with E-state index < -0.39 is 17.8 Å². The summed E-state index contributed by atoms with van der Waals surface area (Å²) >= 11 is 0. The van der Waals surface area contributed by atoms with Gasteiger partial charge >= 0.3 is 0 Å². The van der Waals surface area contributed by atoms with Crippen LogP contribution in [0.3, 0.4) is 0 Å². The maximum absolute atomic E-state index is 13.9. The average molecular weight is 358 g/mol. The molecular weight excluding hydrogens is 338 g/mol. The fourth-order valence-electron chi connectivity index (χ4n) is 3.24. The second kappa shape index (κ2) is 7.64. The Morgan fingerprint density at radius 3 is 2.58 bits per heavy atom. The highest BCUT2D eigenvalue weighted by molar-refractivity contribution is 5.90. The summed E-state index contributed by atoms with van der Waals surface area (Å²) in [7, 11) is 0. The molecule has 136 valence electrons. The molecule has 0 spiro atoms. The summed E-state index contributed by atoms with van der Waals surface area (Å²) in [5, 5.41) is 2.74. The lowest BCUT2D eigenvalue weighted by Gasteiger charge is -2.37. The molecule has 2 unspecified atom stereocenters. The van der Waals surface area contributed by atoms with Gasteiger partial charge in [-0.15, -0.1) is 0 Å². The van der Waals surface area contributed by atoms with Gasteiger partial charge in [0.25, 0.3) is 0 Å². The minimum atomic E-state index is -0.806. The number of benzene rings is 2. The van der Waals surface area contributed by atoms with Crippen molar-refractivity contribution >= 4 is 11.8 Å². The van der Waals surface area contributed by atoms with E-state index in [1.807, 2.05) is 0 Å². The molecule has 2 aromatic carbocycles. The van der Waals surface area contributed by atoms with E-state index in [4.69, 9.17) is 0 Å². The third kappa shape index (κ3) is 3.74. The van der Waals surface area contributed by atoms with Gasteiger partial charge in [0, 0.05) is 19.0 Å². The van der Waals surface area contributed by atoms with Crippen molar-refractivity contribution < 1.29 is 18.4 Å². The van der Waals surface area contributed by atoms with Crippen molar-refractivity contribution in [2.75, 3.05) is 13.1 Å². The molecule has 26 heavy (non-hydrogen) atoms. The molecule has 0 saturated carbocycles. The zero-order valence-electron chi connectivity index (χ0n) is 14.4. The lowest BCUT2D eigenvalue weighted by molar-refractivity contribution is -0.146. The number of hydrogen-bond donors (Lipinski definition) is 1. The van der Waals surface area contributed by atoms with Gasteiger partial charge in [0.15, 0.2) is 0 Å². The van der Waals surface area contributed by atoms with Gasteiger partial charge in [-0.05, 0) is 35.7 Å². The Labute approximate surface area is 150 Å². The average Bonchev–Trinajstić information content (AvgIpc) is 2.63. The lowest BCUT2D eigenvalue weighted by atomic mass is 9.96. The molecule has 0 radical (unpaired) electrons. The molecule has 1 saturated heterocycles. The summed E-state index contributed by atoms with van der Waals surface area (Å²) < 4.78 is 27.1. The molecule has 6 heteroatoms. The van der Waals surface area contributed by atoms with Gasteiger partial charge in [-0.3, -0.25) is 9.59 Å². The van der Waals surface area contributed by atoms with Crippen LogP contribution in [0.15, 0.2) is 48.5 Å². The topological polar surface area (TPSA) is 49.4 Å². The number of carbonyl (C=O) groups excluding carboxylic acids is 2. The molecule has 0 aromatic heterocycles. The van der Waals surface area contributed by atoms with Gasteiger partial charge in [-0.2, -0.15) is 0 Å². The van der Waals surface area contributed by atoms with Crippen molar-refractivity contribution in [1.29, 1.82) is 0 Å². The minimum Gasteiger partial charge on any atom is -0.352 e. The zero-order valence-corrected chi connectivity index (χ0v) is 14.4. The SMILES string of the molecule is CC(Cc1ccccc1F)C(=O)N1CCNC(=O)C1c1ccc(F)cc1. The Hall–Kier alpha value is -2.76. The van der Waals surface area contributed by atoms with Crippen LogP contribution in [0.5, 0.6) is 0 Å². The van der Waals surface area contributed by atoms with E-state index in [0.29, 0.717) is 24.2 Å². The van der Waals surface area contributed by atoms with Crippen molar-refractivity contribution in [2.45, 2.75) is 19.4 Å². The lowest BCUT2D eigenvalue weighted by Crippen LogP contribution is -2.53. The molecule has 2 amide bonds. The van der Waals surface area contributed by atoms with E-state index in [-0.39, 0.29) is 24.1 Å². The maximum Gasteiger partial charge on any atom is 0.247 e. The predicted molar refractivity (Wildman–Crippen MR) is 93.1 cm³/mol. The molecule has 3 rings (SSSR count). The fraction of sp³-hybridized carbons (Fsp3) is 0.300. The molecule has 4 nitrogen and oxygen atoms in total. The van der Waals surface area contributed by atoms with Crippen LogP contribution < -0.4 is 5.32 Å². The number of rotatable bonds is 4. The van der Waals surface area contributed by atoms with E-state index in [1.165, 1.54) is 35.2 Å². The van der Waals surface area contributed by atoms with E-state index in [9.17, 15) is 18.4 Å². The maximum atomic E-state index is 13.9. The number of nitrogens with zero attached hydrogens (tertiary/aromatic N) is 1. The number of hydrogen-bond acceptors (Lipinski definition) is 2. The molecule has 2 aromatic rings. The van der Waals surface area contributed by atoms with Crippen molar-refractivity contribution in [1.82, 2.24) is 10.2 Å². The molecular formula is C20H20F2N2O2. The first-order chi connectivity index (χ1) is 12.5. The first-order valence-corrected chi connectivity index (χ1v) is 8.54. The number of amides is 2. The molecule has 1 fully saturated rings. The van der Waals surface area contributed by atoms with E-state index >= 15 is 0 Å². The Morgan fingerprint density at radius 1 is 1.19 bits per heavy atom. The highest BCUT2D eigenvalue weighted by Gasteiger charge is 2.36. The number of piperazine rings is 1. The van der Waals surface area contributed by atoms with Crippen LogP contribution in [0.2, 0.25) is 0 Å². The van der Waals surface area contributed by atoms with E-state index in [1.54, 1.807) is 25.1 Å². The second-order valence-corrected chi connectivity index (χ2v) is 6.47. The molecule has 1 N–H and O–H groups in total. The van der Waals surface area contributed by atoms with Crippen LogP contribution in [0.4, 0.5) is 8.78 Å². The van der Waals surface area contributed by atoms with Crippen LogP contribution in [-0.4, -0.2) is 29.8 Å². The Balaban J connectivity index is 1.82. The molecule has 0 aliphatic carbocycles. The van der Waals surface area contributed by atoms with Gasteiger partial charge < -0.3 is 10.2 Å². The first kappa shape index (κ1) is 18.0. The molecule has 0 bridgehead atoms. The zero-order chi connectivity index (χ0) is 18.7. The van der Waals surface area contributed by atoms with E-state index in [2.05, 4.69) is 5.32 Å². The van der Waals surface area contributed by atoms with Gasteiger partial charge in [-0.1, -0.05) is 37.3 Å². The molecule has 1 heterocycles. The Kier molecular flexibility index (Phi) is 5.30. The van der Waals surface area contributed by atoms with Crippen LogP contribution >= 0.6 is 0 Å². The number of halogens is 2. The van der Waals surface area contributed by atoms with E-state index in [0.717, 1.165) is 0 Å². The molecule has 1 aliphatic rings. The van der Waals surface area contributed by atoms with Gasteiger partial charge in [0.1, 0.15) is 17.7 Å². The summed E-state index contributed by atoms with van der Waals surface area (Å²) in [6.45, 7) is 2.44. The summed E-state index contributed by atoms with van der Waals surface area (Å²) in [6.07, 6.45) is 0.250. The smallest absolute Gasteiger partial charge is 0.247 e. The molecule has 1 aliphatic heterocycles. The first-order valence-electron chi connectivity index (χ1n) is 8.54. The fourth-order valence-corrected chi connectivity index (χ4v) is 3.24. The second-order valence-electron chi connectivity index (χ2n) is 6.47. The van der Waals surface area contributed by atoms with Crippen molar-refractivity contribution in [2.24, 2.45) is 5.92 Å². The highest BCUT2D eigenvalue weighted by atomic mass is 19.1. The van der Waals surface area contributed by atoms with Crippen LogP contribution in [0, 0.1) is 17.6 Å². The largest absolute Gasteiger partial charge is 0.352 e. The number of nitrogens with one attached hydrogen (secondary N) is 1. The minimum absolute atomic E-state index is 0.225. The third-order valence-corrected chi connectivity index (χ3v) is 4.59. The van der Waals surface area contributed by atoms with Crippen molar-refractivity contribution in [3.8, 4) is 0 Å². The summed E-state index contributed by atoms with van der Waals surface area (Å²) in [5.74, 6) is -1.76. The number of carbonyl (C=O) groups is 2. The predicted octanol–water partition coefficient (Wildman–Crippen LogP) is 2.84. The quantitative estimate of drug-likeness (QED) is 0.914. The summed E-state index contributed by atoms with van der Waals surface area (Å²) in [6, 6.07) is 11.1. The monoisotopic (exact) mass is 358 g/mol. The van der Waals surface area contributed by atoms with Crippen LogP contribution in [-0.2, 0) is 16.0 Å². The third-order valence-electron chi connectivity index (χ3n) is 4.59. The summed E-state index contributed by atoms with van der Waals surface area (Å²) in [4.78, 5) is 26.8. The van der Waals surface area contributed by atoms with Gasteiger partial charge in [0.05, 0.1) is 0 Å². The Bertz CT molecular complexity index is 808. The van der Waals surface area contributed by atoms with Crippen molar-refractivity contribution in [3.63, 3.8) is 0 Å². The summed E-state index contributed by atoms with van der Waals surface area (Å²) in [5.41, 5.74) is 1.02. The highest BCUT2D eigenvalue weighted by Crippen LogP contribution is 2.26. The molecule has 2 atom stereocenters. The van der Waals surface area contributed by atoms with Crippen molar-refractivity contribution in [3.05, 3.63) is 71.3 Å². The normalized spacial score (nSPS) is 18.3. The van der Waals surface area contributed by atoms with Crippen LogP contribution in [0.25, 0.3) is 0 Å².